The molecule has 0 bridgehead atoms. The smallest absolute Gasteiger partial charge is 0.166 e. The van der Waals surface area contributed by atoms with E-state index in [-0.39, 0.29) is 14.2 Å². The quantitative estimate of drug-likeness (QED) is 0.626. The number of hydrogen-bond donors (Lipinski definition) is 0. The van der Waals surface area contributed by atoms with Gasteiger partial charge in [-0.1, -0.05) is 11.6 Å². The van der Waals surface area contributed by atoms with Crippen molar-refractivity contribution in [3.05, 3.63) is 31.9 Å². The van der Waals surface area contributed by atoms with Gasteiger partial charge in [-0.25, -0.2) is 0 Å². The fraction of sp³-hybridized carbons (Fsp3) is 0.250. The fourth-order valence-electron chi connectivity index (χ4n) is 1.00. The van der Waals surface area contributed by atoms with E-state index in [0.29, 0.717) is 0 Å². The summed E-state index contributed by atoms with van der Waals surface area (Å²) in [5.74, 6) is 0. The monoisotopic (exact) mass is 320 g/mol. The van der Waals surface area contributed by atoms with Crippen LogP contribution in [0.2, 0.25) is 5.02 Å². The Bertz CT molecular complexity index is 333. The Hall–Kier alpha value is 0.0300. The Morgan fingerprint density at radius 1 is 1.31 bits per heavy atom. The molecular formula is C8H5ClF3I. The zero-order chi connectivity index (χ0) is 10.2. The molecule has 0 fully saturated rings. The van der Waals surface area contributed by atoms with Crippen molar-refractivity contribution in [1.82, 2.24) is 0 Å². The molecule has 0 aliphatic heterocycles. The lowest BCUT2D eigenvalue weighted by atomic mass is 10.1. The summed E-state index contributed by atoms with van der Waals surface area (Å²) in [6.45, 7) is 1.37. The van der Waals surface area contributed by atoms with Gasteiger partial charge in [0.1, 0.15) is 0 Å². The van der Waals surface area contributed by atoms with Gasteiger partial charge in [-0.15, -0.1) is 0 Å². The summed E-state index contributed by atoms with van der Waals surface area (Å²) in [4.78, 5) is 0. The van der Waals surface area contributed by atoms with Crippen LogP contribution in [0.1, 0.15) is 11.1 Å². The largest absolute Gasteiger partial charge is 0.417 e. The minimum Gasteiger partial charge on any atom is -0.166 e. The second-order valence-electron chi connectivity index (χ2n) is 2.53. The van der Waals surface area contributed by atoms with Gasteiger partial charge in [0.2, 0.25) is 0 Å². The third kappa shape index (κ3) is 2.28. The lowest BCUT2D eigenvalue weighted by Gasteiger charge is -2.12. The van der Waals surface area contributed by atoms with Crippen LogP contribution in [0.4, 0.5) is 13.2 Å². The Morgan fingerprint density at radius 2 is 1.85 bits per heavy atom. The molecular weight excluding hydrogens is 315 g/mol. The van der Waals surface area contributed by atoms with Crippen LogP contribution in [0, 0.1) is 10.5 Å². The van der Waals surface area contributed by atoms with Crippen LogP contribution in [0.25, 0.3) is 0 Å². The summed E-state index contributed by atoms with van der Waals surface area (Å²) in [5, 5.41) is 0.146. The molecule has 0 radical (unpaired) electrons. The lowest BCUT2D eigenvalue weighted by molar-refractivity contribution is -0.138. The van der Waals surface area contributed by atoms with Crippen LogP contribution in [0.15, 0.2) is 12.1 Å². The Balaban J connectivity index is 3.43. The van der Waals surface area contributed by atoms with Crippen molar-refractivity contribution in [2.24, 2.45) is 0 Å². The second kappa shape index (κ2) is 3.65. The minimum atomic E-state index is -4.33. The van der Waals surface area contributed by atoms with E-state index in [2.05, 4.69) is 0 Å². The second-order valence-corrected chi connectivity index (χ2v) is 4.10. The zero-order valence-electron chi connectivity index (χ0n) is 6.54. The molecule has 0 N–H and O–H groups in total. The van der Waals surface area contributed by atoms with Gasteiger partial charge < -0.3 is 0 Å². The molecule has 0 aliphatic carbocycles. The van der Waals surface area contributed by atoms with E-state index in [4.69, 9.17) is 11.6 Å². The first-order valence-electron chi connectivity index (χ1n) is 3.36. The third-order valence-electron chi connectivity index (χ3n) is 1.63. The number of alkyl halides is 3. The standard InChI is InChI=1S/C8H5ClF3I/c1-4-5(9)2-3-6(13)7(4)8(10,11)12/h2-3H,1H3. The summed E-state index contributed by atoms with van der Waals surface area (Å²) >= 11 is 7.24. The molecule has 0 aromatic heterocycles. The Labute approximate surface area is 92.2 Å². The molecule has 1 rings (SSSR count). The molecule has 0 saturated carbocycles. The summed E-state index contributed by atoms with van der Waals surface area (Å²) < 4.78 is 37.5. The third-order valence-corrected chi connectivity index (χ3v) is 2.94. The van der Waals surface area contributed by atoms with E-state index in [9.17, 15) is 13.2 Å². The summed E-state index contributed by atoms with van der Waals surface area (Å²) in [5.41, 5.74) is -0.554. The molecule has 0 heterocycles. The van der Waals surface area contributed by atoms with E-state index < -0.39 is 11.7 Å². The van der Waals surface area contributed by atoms with Crippen molar-refractivity contribution >= 4 is 34.2 Å². The van der Waals surface area contributed by atoms with Crippen LogP contribution < -0.4 is 0 Å². The molecule has 72 valence electrons. The van der Waals surface area contributed by atoms with Gasteiger partial charge in [0.25, 0.3) is 0 Å². The van der Waals surface area contributed by atoms with E-state index in [1.165, 1.54) is 19.1 Å². The molecule has 1 aromatic rings. The highest BCUT2D eigenvalue weighted by atomic mass is 127. The van der Waals surface area contributed by atoms with Crippen molar-refractivity contribution in [3.63, 3.8) is 0 Å². The van der Waals surface area contributed by atoms with Crippen LogP contribution in [-0.2, 0) is 6.18 Å². The highest BCUT2D eigenvalue weighted by Crippen LogP contribution is 2.37. The number of halogens is 5. The average molecular weight is 320 g/mol. The molecule has 0 unspecified atom stereocenters. The Morgan fingerprint density at radius 3 is 2.23 bits per heavy atom. The van der Waals surface area contributed by atoms with E-state index >= 15 is 0 Å². The summed E-state index contributed by atoms with van der Waals surface area (Å²) in [7, 11) is 0. The van der Waals surface area contributed by atoms with Gasteiger partial charge in [-0.3, -0.25) is 0 Å². The number of rotatable bonds is 0. The van der Waals surface area contributed by atoms with Gasteiger partial charge >= 0.3 is 6.18 Å². The fourth-order valence-corrected chi connectivity index (χ4v) is 2.05. The van der Waals surface area contributed by atoms with Gasteiger partial charge in [0.15, 0.2) is 0 Å². The van der Waals surface area contributed by atoms with E-state index in [0.717, 1.165) is 0 Å². The Kier molecular flexibility index (Phi) is 3.12. The van der Waals surface area contributed by atoms with Gasteiger partial charge in [-0.2, -0.15) is 13.2 Å². The predicted molar refractivity (Wildman–Crippen MR) is 53.9 cm³/mol. The average Bonchev–Trinajstić information content (AvgIpc) is 1.95. The molecule has 13 heavy (non-hydrogen) atoms. The molecule has 0 atom stereocenters. The number of hydrogen-bond acceptors (Lipinski definition) is 0. The predicted octanol–water partition coefficient (Wildman–Crippen LogP) is 4.27. The van der Waals surface area contributed by atoms with Gasteiger partial charge in [-0.05, 0) is 47.2 Å². The number of benzene rings is 1. The van der Waals surface area contributed by atoms with Crippen LogP contribution in [0.3, 0.4) is 0 Å². The maximum atomic E-state index is 12.4. The summed E-state index contributed by atoms with van der Waals surface area (Å²) in [6.07, 6.45) is -4.33. The van der Waals surface area contributed by atoms with Crippen molar-refractivity contribution in [2.45, 2.75) is 13.1 Å². The van der Waals surface area contributed by atoms with Crippen LogP contribution >= 0.6 is 34.2 Å². The molecule has 0 aliphatic rings. The first-order chi connectivity index (χ1) is 5.84. The minimum absolute atomic E-state index is 0.0843. The first kappa shape index (κ1) is 11.1. The highest BCUT2D eigenvalue weighted by molar-refractivity contribution is 14.1. The van der Waals surface area contributed by atoms with Crippen molar-refractivity contribution < 1.29 is 13.2 Å². The van der Waals surface area contributed by atoms with Crippen molar-refractivity contribution in [1.29, 1.82) is 0 Å². The van der Waals surface area contributed by atoms with Crippen molar-refractivity contribution in [3.8, 4) is 0 Å². The van der Waals surface area contributed by atoms with Crippen molar-refractivity contribution in [2.75, 3.05) is 0 Å². The lowest BCUT2D eigenvalue weighted by Crippen LogP contribution is -2.10. The maximum absolute atomic E-state index is 12.4. The van der Waals surface area contributed by atoms with Gasteiger partial charge in [0.05, 0.1) is 5.56 Å². The van der Waals surface area contributed by atoms with Crippen LogP contribution in [0.5, 0.6) is 0 Å². The van der Waals surface area contributed by atoms with E-state index in [1.54, 1.807) is 22.6 Å². The SMILES string of the molecule is Cc1c(Cl)ccc(I)c1C(F)(F)F. The van der Waals surface area contributed by atoms with Crippen LogP contribution in [-0.4, -0.2) is 0 Å². The zero-order valence-corrected chi connectivity index (χ0v) is 9.46. The summed E-state index contributed by atoms with van der Waals surface area (Å²) in [6, 6.07) is 2.83. The first-order valence-corrected chi connectivity index (χ1v) is 4.81. The topological polar surface area (TPSA) is 0 Å². The van der Waals surface area contributed by atoms with Gasteiger partial charge in [0, 0.05) is 8.59 Å². The molecule has 0 amide bonds. The molecule has 0 saturated heterocycles. The molecule has 0 nitrogen and oxygen atoms in total. The molecule has 0 spiro atoms. The normalized spacial score (nSPS) is 11.8. The highest BCUT2D eigenvalue weighted by Gasteiger charge is 2.35. The maximum Gasteiger partial charge on any atom is 0.417 e. The molecule has 1 aromatic carbocycles. The molecule has 5 heteroatoms. The van der Waals surface area contributed by atoms with E-state index in [1.807, 2.05) is 0 Å².